The van der Waals surface area contributed by atoms with Crippen LogP contribution in [0.2, 0.25) is 0 Å². The van der Waals surface area contributed by atoms with E-state index in [1.54, 1.807) is 14.0 Å². The van der Waals surface area contributed by atoms with E-state index in [0.29, 0.717) is 11.1 Å². The van der Waals surface area contributed by atoms with Gasteiger partial charge >= 0.3 is 0 Å². The van der Waals surface area contributed by atoms with E-state index in [2.05, 4.69) is 5.32 Å². The van der Waals surface area contributed by atoms with Crippen LogP contribution >= 0.6 is 0 Å². The van der Waals surface area contributed by atoms with E-state index < -0.39 is 17.7 Å². The molecule has 1 rings (SSSR count). The molecule has 0 amide bonds. The van der Waals surface area contributed by atoms with Crippen molar-refractivity contribution in [2.75, 3.05) is 20.7 Å². The number of aliphatic hydroxyl groups excluding tert-OH is 1. The summed E-state index contributed by atoms with van der Waals surface area (Å²) in [5.41, 5.74) is 0.688. The Kier molecular flexibility index (Phi) is 4.09. The number of likely N-dealkylation sites (N-methyl/N-ethyl adjacent to an activating group) is 1. The molecule has 5 heteroatoms. The minimum atomic E-state index is -0.881. The van der Waals surface area contributed by atoms with Crippen LogP contribution in [-0.2, 0) is 0 Å². The maximum absolute atomic E-state index is 13.6. The Balaban J connectivity index is 3.27. The van der Waals surface area contributed by atoms with Crippen LogP contribution in [-0.4, -0.2) is 30.9 Å². The molecule has 4 nitrogen and oxygen atoms in total. The summed E-state index contributed by atoms with van der Waals surface area (Å²) in [6.45, 7) is 1.84. The third kappa shape index (κ3) is 2.25. The number of aromatic hydroxyl groups is 1. The van der Waals surface area contributed by atoms with Crippen molar-refractivity contribution in [3.05, 3.63) is 23.0 Å². The number of hydrogen-bond acceptors (Lipinski definition) is 4. The molecule has 0 aliphatic carbocycles. The van der Waals surface area contributed by atoms with E-state index in [1.165, 1.54) is 13.2 Å². The summed E-state index contributed by atoms with van der Waals surface area (Å²) in [6, 6.07) is 1.51. The molecule has 0 bridgehead atoms. The Morgan fingerprint density at radius 2 is 2.19 bits per heavy atom. The van der Waals surface area contributed by atoms with Gasteiger partial charge in [-0.05, 0) is 25.6 Å². The molecule has 3 N–H and O–H groups in total. The fourth-order valence-corrected chi connectivity index (χ4v) is 1.53. The third-order valence-electron chi connectivity index (χ3n) is 2.38. The van der Waals surface area contributed by atoms with Crippen molar-refractivity contribution in [2.45, 2.75) is 13.0 Å². The lowest BCUT2D eigenvalue weighted by Gasteiger charge is -2.16. The largest absolute Gasteiger partial charge is 0.505 e. The third-order valence-corrected chi connectivity index (χ3v) is 2.38. The van der Waals surface area contributed by atoms with Gasteiger partial charge in [0.2, 0.25) is 5.82 Å². The smallest absolute Gasteiger partial charge is 0.207 e. The van der Waals surface area contributed by atoms with E-state index in [0.717, 1.165) is 0 Å². The highest BCUT2D eigenvalue weighted by molar-refractivity contribution is 5.48. The van der Waals surface area contributed by atoms with Gasteiger partial charge in [0.15, 0.2) is 11.5 Å². The minimum Gasteiger partial charge on any atom is -0.505 e. The number of halogens is 1. The molecule has 1 atom stereocenters. The predicted molar refractivity (Wildman–Crippen MR) is 58.2 cm³/mol. The van der Waals surface area contributed by atoms with Crippen LogP contribution < -0.4 is 10.1 Å². The number of nitrogens with one attached hydrogen (secondary N) is 1. The predicted octanol–water partition coefficient (Wildman–Crippen LogP) is 1.10. The van der Waals surface area contributed by atoms with Crippen LogP contribution in [0.5, 0.6) is 11.5 Å². The van der Waals surface area contributed by atoms with Gasteiger partial charge < -0.3 is 20.3 Å². The monoisotopic (exact) mass is 229 g/mol. The average Bonchev–Trinajstić information content (AvgIpc) is 2.26. The SMILES string of the molecule is CNCC(O)c1cc(C)c(O)c(F)c1OC. The zero-order valence-corrected chi connectivity index (χ0v) is 9.54. The maximum atomic E-state index is 13.6. The van der Waals surface area contributed by atoms with Crippen LogP contribution in [0, 0.1) is 12.7 Å². The summed E-state index contributed by atoms with van der Waals surface area (Å²) in [7, 11) is 2.97. The Labute approximate surface area is 93.7 Å². The fraction of sp³-hybridized carbons (Fsp3) is 0.455. The first-order valence-electron chi connectivity index (χ1n) is 4.91. The van der Waals surface area contributed by atoms with E-state index >= 15 is 0 Å². The first-order chi connectivity index (χ1) is 7.52. The Morgan fingerprint density at radius 3 is 2.69 bits per heavy atom. The van der Waals surface area contributed by atoms with Crippen molar-refractivity contribution in [1.29, 1.82) is 0 Å². The summed E-state index contributed by atoms with van der Waals surface area (Å²) < 4.78 is 18.5. The molecule has 16 heavy (non-hydrogen) atoms. The minimum absolute atomic E-state index is 0.120. The number of benzene rings is 1. The molecular weight excluding hydrogens is 213 g/mol. The van der Waals surface area contributed by atoms with Gasteiger partial charge in [-0.3, -0.25) is 0 Å². The van der Waals surface area contributed by atoms with Crippen LogP contribution in [0.1, 0.15) is 17.2 Å². The molecule has 1 aromatic rings. The second kappa shape index (κ2) is 5.14. The Hall–Kier alpha value is -1.33. The number of hydrogen-bond donors (Lipinski definition) is 3. The number of phenols is 1. The molecule has 0 aromatic heterocycles. The van der Waals surface area contributed by atoms with Crippen molar-refractivity contribution >= 4 is 0 Å². The topological polar surface area (TPSA) is 61.7 Å². The highest BCUT2D eigenvalue weighted by atomic mass is 19.1. The van der Waals surface area contributed by atoms with E-state index in [1.807, 2.05) is 0 Å². The molecular formula is C11H16FNO3. The van der Waals surface area contributed by atoms with E-state index in [9.17, 15) is 14.6 Å². The van der Waals surface area contributed by atoms with Crippen molar-refractivity contribution < 1.29 is 19.3 Å². The zero-order valence-electron chi connectivity index (χ0n) is 9.54. The summed E-state index contributed by atoms with van der Waals surface area (Å²) in [5, 5.41) is 22.0. The number of ether oxygens (including phenoxy) is 1. The van der Waals surface area contributed by atoms with Gasteiger partial charge in [-0.2, -0.15) is 4.39 Å². The molecule has 0 fully saturated rings. The van der Waals surface area contributed by atoms with E-state index in [-0.39, 0.29) is 12.3 Å². The van der Waals surface area contributed by atoms with Gasteiger partial charge in [-0.15, -0.1) is 0 Å². The normalized spacial score (nSPS) is 12.6. The van der Waals surface area contributed by atoms with Crippen molar-refractivity contribution in [2.24, 2.45) is 0 Å². The van der Waals surface area contributed by atoms with Gasteiger partial charge in [0, 0.05) is 12.1 Å². The van der Waals surface area contributed by atoms with Crippen LogP contribution in [0.25, 0.3) is 0 Å². The Bertz CT molecular complexity index is 382. The fourth-order valence-electron chi connectivity index (χ4n) is 1.53. The molecule has 0 aliphatic rings. The van der Waals surface area contributed by atoms with E-state index in [4.69, 9.17) is 4.74 Å². The lowest BCUT2D eigenvalue weighted by molar-refractivity contribution is 0.172. The molecule has 0 aliphatic heterocycles. The first kappa shape index (κ1) is 12.7. The van der Waals surface area contributed by atoms with Crippen molar-refractivity contribution in [3.63, 3.8) is 0 Å². The lowest BCUT2D eigenvalue weighted by Crippen LogP contribution is -2.17. The number of rotatable bonds is 4. The molecule has 0 saturated heterocycles. The Morgan fingerprint density at radius 1 is 1.56 bits per heavy atom. The molecule has 0 saturated carbocycles. The summed E-state index contributed by atoms with van der Waals surface area (Å²) >= 11 is 0. The molecule has 1 aromatic carbocycles. The van der Waals surface area contributed by atoms with Gasteiger partial charge in [-0.1, -0.05) is 0 Å². The van der Waals surface area contributed by atoms with Crippen LogP contribution in [0.3, 0.4) is 0 Å². The molecule has 90 valence electrons. The molecule has 1 unspecified atom stereocenters. The van der Waals surface area contributed by atoms with Crippen molar-refractivity contribution in [1.82, 2.24) is 5.32 Å². The second-order valence-electron chi connectivity index (χ2n) is 3.55. The summed E-state index contributed by atoms with van der Waals surface area (Å²) in [5.74, 6) is -1.41. The number of phenolic OH excluding ortho intramolecular Hbond substituents is 1. The molecule has 0 heterocycles. The highest BCUT2D eigenvalue weighted by Gasteiger charge is 2.21. The van der Waals surface area contributed by atoms with Crippen LogP contribution in [0.4, 0.5) is 4.39 Å². The standard InChI is InChI=1S/C11H16FNO3/c1-6-4-7(8(14)5-13-2)11(16-3)9(12)10(6)15/h4,8,13-15H,5H2,1-3H3. The molecule has 0 radical (unpaired) electrons. The zero-order chi connectivity index (χ0) is 12.3. The van der Waals surface area contributed by atoms with Crippen molar-refractivity contribution in [3.8, 4) is 11.5 Å². The van der Waals surface area contributed by atoms with Gasteiger partial charge in [0.1, 0.15) is 0 Å². The highest BCUT2D eigenvalue weighted by Crippen LogP contribution is 2.35. The maximum Gasteiger partial charge on any atom is 0.207 e. The van der Waals surface area contributed by atoms with Gasteiger partial charge in [-0.25, -0.2) is 0 Å². The summed E-state index contributed by atoms with van der Waals surface area (Å²) in [4.78, 5) is 0. The van der Waals surface area contributed by atoms with Gasteiger partial charge in [0.25, 0.3) is 0 Å². The van der Waals surface area contributed by atoms with Crippen LogP contribution in [0.15, 0.2) is 6.07 Å². The molecule has 0 spiro atoms. The quantitative estimate of drug-likeness (QED) is 0.723. The number of aliphatic hydroxyl groups is 1. The second-order valence-corrected chi connectivity index (χ2v) is 3.55. The lowest BCUT2D eigenvalue weighted by atomic mass is 10.0. The average molecular weight is 229 g/mol. The first-order valence-corrected chi connectivity index (χ1v) is 4.91. The van der Waals surface area contributed by atoms with Gasteiger partial charge in [0.05, 0.1) is 13.2 Å². The number of methoxy groups -OCH3 is 1. The summed E-state index contributed by atoms with van der Waals surface area (Å²) in [6.07, 6.45) is -0.881. The number of aryl methyl sites for hydroxylation is 1.